The molecule has 2 amide bonds. The summed E-state index contributed by atoms with van der Waals surface area (Å²) in [6.45, 7) is 2.15. The summed E-state index contributed by atoms with van der Waals surface area (Å²) in [5, 5.41) is 13.9. The Hall–Kier alpha value is -2.09. The monoisotopic (exact) mass is 358 g/mol. The fourth-order valence-corrected chi connectivity index (χ4v) is 1.91. The van der Waals surface area contributed by atoms with Crippen LogP contribution in [-0.4, -0.2) is 36.2 Å². The molecule has 3 N–H and O–H groups in total. The Kier molecular flexibility index (Phi) is 6.67. The molecule has 0 radical (unpaired) electrons. The summed E-state index contributed by atoms with van der Waals surface area (Å²) in [5.41, 5.74) is 0.531. The largest absolute Gasteiger partial charge is 0.478 e. The summed E-state index contributed by atoms with van der Waals surface area (Å²) in [6.07, 6.45) is 0.0837. The van der Waals surface area contributed by atoms with Gasteiger partial charge in [-0.05, 0) is 41.1 Å². The van der Waals surface area contributed by atoms with Gasteiger partial charge in [0, 0.05) is 11.0 Å². The Morgan fingerprint density at radius 2 is 2.05 bits per heavy atom. The Balaban J connectivity index is 2.48. The zero-order chi connectivity index (χ0) is 15.8. The second kappa shape index (κ2) is 8.25. The van der Waals surface area contributed by atoms with Crippen molar-refractivity contribution in [3.63, 3.8) is 0 Å². The Morgan fingerprint density at radius 3 is 2.62 bits per heavy atom. The molecular weight excluding hydrogens is 344 g/mol. The van der Waals surface area contributed by atoms with Gasteiger partial charge >= 0.3 is 18.0 Å². The number of halogens is 1. The van der Waals surface area contributed by atoms with Gasteiger partial charge < -0.3 is 20.5 Å². The van der Waals surface area contributed by atoms with Crippen molar-refractivity contribution in [1.82, 2.24) is 5.32 Å². The van der Waals surface area contributed by atoms with E-state index in [1.165, 1.54) is 18.2 Å². The van der Waals surface area contributed by atoms with Crippen LogP contribution in [0.1, 0.15) is 23.7 Å². The Labute approximate surface area is 129 Å². The van der Waals surface area contributed by atoms with Gasteiger partial charge in [-0.2, -0.15) is 0 Å². The molecule has 0 aromatic heterocycles. The minimum atomic E-state index is -1.05. The van der Waals surface area contributed by atoms with Crippen molar-refractivity contribution in [1.29, 1.82) is 0 Å². The minimum Gasteiger partial charge on any atom is -0.478 e. The second-order valence-electron chi connectivity index (χ2n) is 3.94. The van der Waals surface area contributed by atoms with Crippen LogP contribution < -0.4 is 10.6 Å². The lowest BCUT2D eigenvalue weighted by Gasteiger charge is -2.09. The summed E-state index contributed by atoms with van der Waals surface area (Å²) in [5.74, 6) is -1.44. The SMILES string of the molecule is CCOC(=O)CCNC(=O)Nc1ccc(C(=O)O)cc1Br. The smallest absolute Gasteiger partial charge is 0.335 e. The molecule has 0 aliphatic heterocycles. The number of carboxylic acid groups (broad SMARTS) is 1. The van der Waals surface area contributed by atoms with Crippen LogP contribution in [0.2, 0.25) is 0 Å². The molecule has 21 heavy (non-hydrogen) atoms. The van der Waals surface area contributed by atoms with E-state index in [1.54, 1.807) is 6.92 Å². The third kappa shape index (κ3) is 5.82. The van der Waals surface area contributed by atoms with Crippen LogP contribution in [-0.2, 0) is 9.53 Å². The van der Waals surface area contributed by atoms with Gasteiger partial charge in [-0.1, -0.05) is 0 Å². The van der Waals surface area contributed by atoms with Crippen LogP contribution >= 0.6 is 15.9 Å². The number of rotatable bonds is 6. The summed E-state index contributed by atoms with van der Waals surface area (Å²) in [6, 6.07) is 3.74. The van der Waals surface area contributed by atoms with Crippen LogP contribution in [0, 0.1) is 0 Å². The number of anilines is 1. The number of carbonyl (C=O) groups is 3. The molecule has 114 valence electrons. The molecule has 0 saturated heterocycles. The second-order valence-corrected chi connectivity index (χ2v) is 4.79. The first kappa shape index (κ1) is 17.0. The molecule has 1 aromatic carbocycles. The summed E-state index contributed by atoms with van der Waals surface area (Å²) >= 11 is 3.18. The highest BCUT2D eigenvalue weighted by Crippen LogP contribution is 2.23. The molecule has 0 saturated carbocycles. The fraction of sp³-hybridized carbons (Fsp3) is 0.308. The molecule has 0 atom stereocenters. The number of hydrogen-bond acceptors (Lipinski definition) is 4. The maximum Gasteiger partial charge on any atom is 0.335 e. The van der Waals surface area contributed by atoms with Gasteiger partial charge in [-0.3, -0.25) is 4.79 Å². The molecule has 1 aromatic rings. The zero-order valence-electron chi connectivity index (χ0n) is 11.3. The third-order valence-corrected chi connectivity index (χ3v) is 3.04. The molecule has 0 aliphatic rings. The quantitative estimate of drug-likeness (QED) is 0.676. The maximum atomic E-state index is 11.6. The molecule has 0 heterocycles. The van der Waals surface area contributed by atoms with Crippen LogP contribution in [0.25, 0.3) is 0 Å². The van der Waals surface area contributed by atoms with Gasteiger partial charge in [0.15, 0.2) is 0 Å². The number of carbonyl (C=O) groups excluding carboxylic acids is 2. The first-order chi connectivity index (χ1) is 9.93. The number of carboxylic acids is 1. The van der Waals surface area contributed by atoms with E-state index < -0.39 is 12.0 Å². The van der Waals surface area contributed by atoms with E-state index in [2.05, 4.69) is 26.6 Å². The Morgan fingerprint density at radius 1 is 1.33 bits per heavy atom. The average molecular weight is 359 g/mol. The topological polar surface area (TPSA) is 105 Å². The number of esters is 1. The van der Waals surface area contributed by atoms with Gasteiger partial charge in [0.25, 0.3) is 0 Å². The molecule has 1 rings (SSSR count). The van der Waals surface area contributed by atoms with E-state index in [0.717, 1.165) is 0 Å². The Bertz CT molecular complexity index is 547. The molecule has 0 aliphatic carbocycles. The van der Waals surface area contributed by atoms with Gasteiger partial charge in [0.05, 0.1) is 24.3 Å². The molecule has 0 spiro atoms. The molecule has 0 fully saturated rings. The normalized spacial score (nSPS) is 9.81. The highest BCUT2D eigenvalue weighted by atomic mass is 79.9. The van der Waals surface area contributed by atoms with Crippen molar-refractivity contribution in [3.8, 4) is 0 Å². The summed E-state index contributed by atoms with van der Waals surface area (Å²) in [4.78, 5) is 33.5. The first-order valence-corrected chi connectivity index (χ1v) is 6.96. The van der Waals surface area contributed by atoms with Crippen molar-refractivity contribution in [2.24, 2.45) is 0 Å². The summed E-state index contributed by atoms with van der Waals surface area (Å²) < 4.78 is 5.17. The molecule has 0 bridgehead atoms. The maximum absolute atomic E-state index is 11.6. The highest BCUT2D eigenvalue weighted by molar-refractivity contribution is 9.10. The van der Waals surface area contributed by atoms with E-state index in [4.69, 9.17) is 9.84 Å². The predicted octanol–water partition coefficient (Wildman–Crippen LogP) is 2.22. The van der Waals surface area contributed by atoms with Crippen LogP contribution in [0.4, 0.5) is 10.5 Å². The van der Waals surface area contributed by atoms with Crippen LogP contribution in [0.5, 0.6) is 0 Å². The minimum absolute atomic E-state index is 0.0837. The number of nitrogens with one attached hydrogen (secondary N) is 2. The fourth-order valence-electron chi connectivity index (χ4n) is 1.43. The van der Waals surface area contributed by atoms with Crippen molar-refractivity contribution in [3.05, 3.63) is 28.2 Å². The standard InChI is InChI=1S/C13H15BrN2O5/c1-2-21-11(17)5-6-15-13(20)16-10-4-3-8(12(18)19)7-9(10)14/h3-4,7H,2,5-6H2,1H3,(H,18,19)(H2,15,16,20). The van der Waals surface area contributed by atoms with Crippen molar-refractivity contribution < 1.29 is 24.2 Å². The number of hydrogen-bond donors (Lipinski definition) is 3. The predicted molar refractivity (Wildman–Crippen MR) is 79.4 cm³/mol. The van der Waals surface area contributed by atoms with Crippen LogP contribution in [0.3, 0.4) is 0 Å². The number of aromatic carboxylic acids is 1. The number of benzene rings is 1. The van der Waals surface area contributed by atoms with E-state index in [9.17, 15) is 14.4 Å². The van der Waals surface area contributed by atoms with E-state index >= 15 is 0 Å². The van der Waals surface area contributed by atoms with Crippen LogP contribution in [0.15, 0.2) is 22.7 Å². The number of urea groups is 1. The van der Waals surface area contributed by atoms with Gasteiger partial charge in [-0.15, -0.1) is 0 Å². The lowest BCUT2D eigenvalue weighted by molar-refractivity contribution is -0.142. The lowest BCUT2D eigenvalue weighted by atomic mass is 10.2. The van der Waals surface area contributed by atoms with Gasteiger partial charge in [0.2, 0.25) is 0 Å². The number of amides is 2. The summed E-state index contributed by atoms with van der Waals surface area (Å²) in [7, 11) is 0. The molecule has 0 unspecified atom stereocenters. The first-order valence-electron chi connectivity index (χ1n) is 6.17. The van der Waals surface area contributed by atoms with Crippen molar-refractivity contribution in [2.45, 2.75) is 13.3 Å². The van der Waals surface area contributed by atoms with E-state index in [1.807, 2.05) is 0 Å². The van der Waals surface area contributed by atoms with E-state index in [-0.39, 0.29) is 24.5 Å². The van der Waals surface area contributed by atoms with Gasteiger partial charge in [0.1, 0.15) is 0 Å². The molecule has 8 heteroatoms. The molecule has 7 nitrogen and oxygen atoms in total. The van der Waals surface area contributed by atoms with Gasteiger partial charge in [-0.25, -0.2) is 9.59 Å². The zero-order valence-corrected chi connectivity index (χ0v) is 12.9. The number of ether oxygens (including phenoxy) is 1. The lowest BCUT2D eigenvalue weighted by Crippen LogP contribution is -2.31. The molecular formula is C13H15BrN2O5. The van der Waals surface area contributed by atoms with Crippen molar-refractivity contribution in [2.75, 3.05) is 18.5 Å². The van der Waals surface area contributed by atoms with E-state index in [0.29, 0.717) is 16.8 Å². The average Bonchev–Trinajstić information content (AvgIpc) is 2.41. The highest BCUT2D eigenvalue weighted by Gasteiger charge is 2.09. The van der Waals surface area contributed by atoms with Crippen molar-refractivity contribution >= 4 is 39.6 Å². The third-order valence-electron chi connectivity index (χ3n) is 2.38.